The van der Waals surface area contributed by atoms with Gasteiger partial charge in [0, 0.05) is 13.1 Å². The molecule has 1 aromatic rings. The number of hydrogen-bond donors (Lipinski definition) is 2. The van der Waals surface area contributed by atoms with Crippen molar-refractivity contribution in [3.05, 3.63) is 0 Å². The molecule has 1 saturated heterocycles. The number of nitrogen functional groups attached to an aromatic ring is 1. The number of β-amino-alcohol motifs (C(OH)–C–C–N with tert-alkyl or cyclic N) is 1. The molecule has 72 valence electrons. The Kier molecular flexibility index (Phi) is 2.05. The van der Waals surface area contributed by atoms with E-state index in [0.29, 0.717) is 12.4 Å². The average Bonchev–Trinajstić information content (AvgIpc) is 2.51. The van der Waals surface area contributed by atoms with Crippen molar-refractivity contribution in [3.63, 3.8) is 0 Å². The summed E-state index contributed by atoms with van der Waals surface area (Å²) in [6.07, 6.45) is 1.47. The number of aliphatic hydroxyl groups excluding tert-OH is 1. The minimum atomic E-state index is -0.301. The predicted molar refractivity (Wildman–Crippen MR) is 46.2 cm³/mol. The van der Waals surface area contributed by atoms with Gasteiger partial charge in [0.05, 0.1) is 6.10 Å². The summed E-state index contributed by atoms with van der Waals surface area (Å²) in [6.45, 7) is 1.40. The maximum atomic E-state index is 9.41. The Balaban J connectivity index is 2.12. The van der Waals surface area contributed by atoms with Crippen LogP contribution in [0.15, 0.2) is 4.63 Å². The molecule has 0 radical (unpaired) electrons. The van der Waals surface area contributed by atoms with Crippen LogP contribution in [0.3, 0.4) is 0 Å². The monoisotopic (exact) mass is 184 g/mol. The van der Waals surface area contributed by atoms with Crippen LogP contribution in [0, 0.1) is 0 Å². The first-order valence-electron chi connectivity index (χ1n) is 4.28. The predicted octanol–water partition coefficient (Wildman–Crippen LogP) is -0.387. The molecule has 1 unspecified atom stereocenters. The summed E-state index contributed by atoms with van der Waals surface area (Å²) in [5, 5.41) is 16.6. The number of rotatable bonds is 1. The van der Waals surface area contributed by atoms with Gasteiger partial charge >= 0.3 is 0 Å². The van der Waals surface area contributed by atoms with E-state index in [-0.39, 0.29) is 11.9 Å². The van der Waals surface area contributed by atoms with Crippen LogP contribution in [-0.4, -0.2) is 34.6 Å². The number of nitrogens with two attached hydrogens (primary N) is 1. The number of aromatic nitrogens is 2. The fraction of sp³-hybridized carbons (Fsp3) is 0.714. The first kappa shape index (κ1) is 8.31. The van der Waals surface area contributed by atoms with E-state index >= 15 is 0 Å². The van der Waals surface area contributed by atoms with E-state index < -0.39 is 0 Å². The highest BCUT2D eigenvalue weighted by atomic mass is 16.6. The van der Waals surface area contributed by atoms with Crippen LogP contribution in [-0.2, 0) is 0 Å². The number of piperidine rings is 1. The Labute approximate surface area is 75.3 Å². The minimum Gasteiger partial charge on any atom is -0.391 e. The summed E-state index contributed by atoms with van der Waals surface area (Å²) in [6, 6.07) is 0. The Hall–Kier alpha value is -1.30. The van der Waals surface area contributed by atoms with E-state index in [1.807, 2.05) is 4.90 Å². The molecule has 1 aromatic heterocycles. The van der Waals surface area contributed by atoms with Crippen LogP contribution in [0.4, 0.5) is 11.6 Å². The molecule has 0 aromatic carbocycles. The summed E-state index contributed by atoms with van der Waals surface area (Å²) in [7, 11) is 0. The Morgan fingerprint density at radius 2 is 2.38 bits per heavy atom. The van der Waals surface area contributed by atoms with Crippen LogP contribution in [0.25, 0.3) is 0 Å². The lowest BCUT2D eigenvalue weighted by molar-refractivity contribution is 0.153. The van der Waals surface area contributed by atoms with Crippen LogP contribution < -0.4 is 10.6 Å². The van der Waals surface area contributed by atoms with Crippen molar-refractivity contribution in [1.82, 2.24) is 10.3 Å². The quantitative estimate of drug-likeness (QED) is 0.618. The van der Waals surface area contributed by atoms with Crippen molar-refractivity contribution in [2.24, 2.45) is 0 Å². The lowest BCUT2D eigenvalue weighted by Crippen LogP contribution is -2.38. The zero-order chi connectivity index (χ0) is 9.26. The Morgan fingerprint density at radius 3 is 3.00 bits per heavy atom. The average molecular weight is 184 g/mol. The molecule has 13 heavy (non-hydrogen) atoms. The second kappa shape index (κ2) is 3.21. The van der Waals surface area contributed by atoms with Crippen molar-refractivity contribution in [3.8, 4) is 0 Å². The van der Waals surface area contributed by atoms with Gasteiger partial charge in [-0.15, -0.1) is 0 Å². The van der Waals surface area contributed by atoms with Crippen molar-refractivity contribution in [2.75, 3.05) is 23.7 Å². The van der Waals surface area contributed by atoms with E-state index in [0.717, 1.165) is 19.4 Å². The second-order valence-corrected chi connectivity index (χ2v) is 3.22. The second-order valence-electron chi connectivity index (χ2n) is 3.22. The fourth-order valence-electron chi connectivity index (χ4n) is 1.56. The van der Waals surface area contributed by atoms with E-state index in [9.17, 15) is 5.11 Å². The molecule has 0 saturated carbocycles. The molecule has 2 rings (SSSR count). The molecule has 1 fully saturated rings. The topological polar surface area (TPSA) is 88.4 Å². The van der Waals surface area contributed by atoms with Gasteiger partial charge in [-0.25, -0.2) is 4.63 Å². The molecule has 1 aliphatic rings. The standard InChI is InChI=1S/C7H12N4O2/c8-6-7(10-13-9-6)11-3-1-2-5(12)4-11/h5,12H,1-4H2,(H2,8,9). The first-order valence-corrected chi connectivity index (χ1v) is 4.28. The maximum Gasteiger partial charge on any atom is 0.217 e. The number of aliphatic hydroxyl groups is 1. The van der Waals surface area contributed by atoms with Crippen molar-refractivity contribution in [2.45, 2.75) is 18.9 Å². The normalized spacial score (nSPS) is 23.5. The molecule has 0 amide bonds. The van der Waals surface area contributed by atoms with Gasteiger partial charge in [-0.2, -0.15) is 0 Å². The molecule has 0 spiro atoms. The van der Waals surface area contributed by atoms with Gasteiger partial charge in [0.25, 0.3) is 0 Å². The Bertz CT molecular complexity index is 288. The molecule has 1 atom stereocenters. The van der Waals surface area contributed by atoms with Gasteiger partial charge in [-0.3, -0.25) is 0 Å². The van der Waals surface area contributed by atoms with E-state index in [1.165, 1.54) is 0 Å². The van der Waals surface area contributed by atoms with Gasteiger partial charge in [-0.1, -0.05) is 0 Å². The molecule has 2 heterocycles. The molecule has 6 heteroatoms. The van der Waals surface area contributed by atoms with E-state index in [2.05, 4.69) is 14.9 Å². The van der Waals surface area contributed by atoms with Crippen LogP contribution >= 0.6 is 0 Å². The van der Waals surface area contributed by atoms with Gasteiger partial charge in [0.1, 0.15) is 0 Å². The minimum absolute atomic E-state index is 0.286. The van der Waals surface area contributed by atoms with Crippen LogP contribution in [0.1, 0.15) is 12.8 Å². The van der Waals surface area contributed by atoms with Gasteiger partial charge in [-0.05, 0) is 23.2 Å². The van der Waals surface area contributed by atoms with Crippen molar-refractivity contribution in [1.29, 1.82) is 0 Å². The summed E-state index contributed by atoms with van der Waals surface area (Å²) in [5.41, 5.74) is 5.53. The molecule has 3 N–H and O–H groups in total. The number of anilines is 2. The molecule has 6 nitrogen and oxygen atoms in total. The molecular weight excluding hydrogens is 172 g/mol. The molecular formula is C7H12N4O2. The number of nitrogens with zero attached hydrogens (tertiary/aromatic N) is 3. The van der Waals surface area contributed by atoms with Crippen LogP contribution in [0.5, 0.6) is 0 Å². The Morgan fingerprint density at radius 1 is 1.54 bits per heavy atom. The highest BCUT2D eigenvalue weighted by molar-refractivity contribution is 5.56. The SMILES string of the molecule is Nc1nonc1N1CCCC(O)C1. The van der Waals surface area contributed by atoms with Gasteiger partial charge in [0.15, 0.2) is 0 Å². The molecule has 0 bridgehead atoms. The molecule has 0 aliphatic carbocycles. The molecule has 1 aliphatic heterocycles. The van der Waals surface area contributed by atoms with E-state index in [4.69, 9.17) is 5.73 Å². The summed E-state index contributed by atoms with van der Waals surface area (Å²) >= 11 is 0. The maximum absolute atomic E-state index is 9.41. The fourth-order valence-corrected chi connectivity index (χ4v) is 1.56. The van der Waals surface area contributed by atoms with Crippen molar-refractivity contribution >= 4 is 11.6 Å². The number of hydrogen-bond acceptors (Lipinski definition) is 6. The lowest BCUT2D eigenvalue weighted by Gasteiger charge is -2.29. The third-order valence-electron chi connectivity index (χ3n) is 2.19. The zero-order valence-corrected chi connectivity index (χ0v) is 7.18. The van der Waals surface area contributed by atoms with Crippen LogP contribution in [0.2, 0.25) is 0 Å². The van der Waals surface area contributed by atoms with Crippen molar-refractivity contribution < 1.29 is 9.74 Å². The third-order valence-corrected chi connectivity index (χ3v) is 2.19. The highest BCUT2D eigenvalue weighted by Gasteiger charge is 2.22. The largest absolute Gasteiger partial charge is 0.391 e. The summed E-state index contributed by atoms with van der Waals surface area (Å²) in [4.78, 5) is 1.89. The summed E-state index contributed by atoms with van der Waals surface area (Å²) in [5.74, 6) is 0.827. The first-order chi connectivity index (χ1) is 6.27. The lowest BCUT2D eigenvalue weighted by atomic mass is 10.1. The summed E-state index contributed by atoms with van der Waals surface area (Å²) < 4.78 is 4.49. The third kappa shape index (κ3) is 1.57. The van der Waals surface area contributed by atoms with E-state index in [1.54, 1.807) is 0 Å². The zero-order valence-electron chi connectivity index (χ0n) is 7.18. The highest BCUT2D eigenvalue weighted by Crippen LogP contribution is 2.21. The van der Waals surface area contributed by atoms with Gasteiger partial charge in [0.2, 0.25) is 11.6 Å². The van der Waals surface area contributed by atoms with Gasteiger partial charge < -0.3 is 15.7 Å². The smallest absolute Gasteiger partial charge is 0.217 e.